The first-order valence-corrected chi connectivity index (χ1v) is 4.90. The minimum Gasteiger partial charge on any atom is -0.505 e. The zero-order valence-corrected chi connectivity index (χ0v) is 9.09. The summed E-state index contributed by atoms with van der Waals surface area (Å²) in [6.45, 7) is 3.53. The van der Waals surface area contributed by atoms with E-state index in [1.54, 1.807) is 12.1 Å². The van der Waals surface area contributed by atoms with Crippen molar-refractivity contribution in [3.63, 3.8) is 0 Å². The number of phenolic OH excluding ortho intramolecular Hbond substituents is 1. The molecule has 3 N–H and O–H groups in total. The first-order valence-electron chi connectivity index (χ1n) is 4.10. The molecule has 1 aromatic carbocycles. The number of halogens is 2. The van der Waals surface area contributed by atoms with Crippen LogP contribution in [0.1, 0.15) is 18.0 Å². The molecule has 0 heterocycles. The Morgan fingerprint density at radius 1 is 1.64 bits per heavy atom. The Kier molecular flexibility index (Phi) is 3.66. The summed E-state index contributed by atoms with van der Waals surface area (Å²) in [4.78, 5) is 0. The molecule has 1 aromatic rings. The Morgan fingerprint density at radius 2 is 2.29 bits per heavy atom. The molecule has 0 aromatic heterocycles. The maximum absolute atomic E-state index is 13.1. The molecule has 14 heavy (non-hydrogen) atoms. The van der Waals surface area contributed by atoms with Crippen molar-refractivity contribution in [1.29, 1.82) is 0 Å². The molecule has 4 heteroatoms. The van der Waals surface area contributed by atoms with Gasteiger partial charge in [0.1, 0.15) is 0 Å². The lowest BCUT2D eigenvalue weighted by atomic mass is 10.0. The number of aromatic hydroxyl groups is 1. The highest BCUT2D eigenvalue weighted by molar-refractivity contribution is 9.10. The zero-order valence-electron chi connectivity index (χ0n) is 7.50. The van der Waals surface area contributed by atoms with Crippen molar-refractivity contribution in [3.05, 3.63) is 40.6 Å². The predicted octanol–water partition coefficient (Wildman–Crippen LogP) is 2.87. The van der Waals surface area contributed by atoms with E-state index in [0.717, 1.165) is 0 Å². The Labute approximate surface area is 90.4 Å². The highest BCUT2D eigenvalue weighted by Crippen LogP contribution is 2.30. The van der Waals surface area contributed by atoms with Crippen LogP contribution in [0, 0.1) is 5.82 Å². The molecule has 0 aliphatic rings. The minimum atomic E-state index is -0.672. The molecule has 0 fully saturated rings. The molecule has 0 amide bonds. The lowest BCUT2D eigenvalue weighted by molar-refractivity contribution is 0.420. The van der Waals surface area contributed by atoms with Gasteiger partial charge in [0, 0.05) is 16.1 Å². The van der Waals surface area contributed by atoms with E-state index < -0.39 is 11.9 Å². The monoisotopic (exact) mass is 259 g/mol. The van der Waals surface area contributed by atoms with Gasteiger partial charge in [0.25, 0.3) is 0 Å². The SMILES string of the molecule is C=CC[C@@H](N)c1cc(Br)cc(F)c1O. The van der Waals surface area contributed by atoms with Gasteiger partial charge in [-0.15, -0.1) is 6.58 Å². The van der Waals surface area contributed by atoms with Crippen LogP contribution in [0.3, 0.4) is 0 Å². The van der Waals surface area contributed by atoms with Crippen LogP contribution in [-0.2, 0) is 0 Å². The van der Waals surface area contributed by atoms with Crippen molar-refractivity contribution in [2.24, 2.45) is 5.73 Å². The Hall–Kier alpha value is -0.870. The summed E-state index contributed by atoms with van der Waals surface area (Å²) in [5.41, 5.74) is 6.11. The third kappa shape index (κ3) is 2.33. The largest absolute Gasteiger partial charge is 0.505 e. The maximum Gasteiger partial charge on any atom is 0.166 e. The van der Waals surface area contributed by atoms with E-state index in [1.165, 1.54) is 6.07 Å². The molecule has 0 bridgehead atoms. The molecule has 1 rings (SSSR count). The van der Waals surface area contributed by atoms with E-state index in [-0.39, 0.29) is 5.75 Å². The molecule has 0 saturated carbocycles. The van der Waals surface area contributed by atoms with Gasteiger partial charge in [0.05, 0.1) is 0 Å². The first-order chi connectivity index (χ1) is 6.56. The van der Waals surface area contributed by atoms with Crippen LogP contribution in [0.5, 0.6) is 5.75 Å². The summed E-state index contributed by atoms with van der Waals surface area (Å²) >= 11 is 3.13. The molecule has 0 spiro atoms. The van der Waals surface area contributed by atoms with Crippen molar-refractivity contribution >= 4 is 15.9 Å². The summed E-state index contributed by atoms with van der Waals surface area (Å²) in [6, 6.07) is 2.37. The van der Waals surface area contributed by atoms with E-state index >= 15 is 0 Å². The van der Waals surface area contributed by atoms with Crippen LogP contribution in [0.25, 0.3) is 0 Å². The summed E-state index contributed by atoms with van der Waals surface area (Å²) in [6.07, 6.45) is 2.12. The molecule has 0 aliphatic carbocycles. The smallest absolute Gasteiger partial charge is 0.166 e. The van der Waals surface area contributed by atoms with Gasteiger partial charge in [-0.3, -0.25) is 0 Å². The van der Waals surface area contributed by atoms with Gasteiger partial charge in [0.15, 0.2) is 11.6 Å². The fourth-order valence-electron chi connectivity index (χ4n) is 1.18. The molecule has 1 atom stereocenters. The first kappa shape index (κ1) is 11.2. The average molecular weight is 260 g/mol. The van der Waals surface area contributed by atoms with Crippen LogP contribution < -0.4 is 5.73 Å². The number of phenols is 1. The Bertz CT molecular complexity index is 354. The summed E-state index contributed by atoms with van der Waals surface area (Å²) in [5, 5.41) is 9.41. The third-order valence-electron chi connectivity index (χ3n) is 1.88. The molecular weight excluding hydrogens is 249 g/mol. The quantitative estimate of drug-likeness (QED) is 0.821. The van der Waals surface area contributed by atoms with Gasteiger partial charge in [0.2, 0.25) is 0 Å². The van der Waals surface area contributed by atoms with Gasteiger partial charge in [-0.1, -0.05) is 22.0 Å². The third-order valence-corrected chi connectivity index (χ3v) is 2.34. The van der Waals surface area contributed by atoms with Crippen molar-refractivity contribution in [2.45, 2.75) is 12.5 Å². The second-order valence-electron chi connectivity index (χ2n) is 2.96. The number of nitrogens with two attached hydrogens (primary N) is 1. The molecule has 76 valence electrons. The second-order valence-corrected chi connectivity index (χ2v) is 3.87. The summed E-state index contributed by atoms with van der Waals surface area (Å²) in [5.74, 6) is -1.06. The van der Waals surface area contributed by atoms with Crippen molar-refractivity contribution in [3.8, 4) is 5.75 Å². The fourth-order valence-corrected chi connectivity index (χ4v) is 1.62. The molecule has 0 aliphatic heterocycles. The van der Waals surface area contributed by atoms with Crippen LogP contribution in [0.15, 0.2) is 29.3 Å². The normalized spacial score (nSPS) is 12.5. The van der Waals surface area contributed by atoms with E-state index in [4.69, 9.17) is 5.73 Å². The summed E-state index contributed by atoms with van der Waals surface area (Å²) in [7, 11) is 0. The lowest BCUT2D eigenvalue weighted by Crippen LogP contribution is -2.09. The highest BCUT2D eigenvalue weighted by atomic mass is 79.9. The fraction of sp³-hybridized carbons (Fsp3) is 0.200. The molecule has 0 saturated heterocycles. The van der Waals surface area contributed by atoms with Crippen LogP contribution >= 0.6 is 15.9 Å². The van der Waals surface area contributed by atoms with Crippen LogP contribution in [0.4, 0.5) is 4.39 Å². The topological polar surface area (TPSA) is 46.2 Å². The van der Waals surface area contributed by atoms with E-state index in [2.05, 4.69) is 22.5 Å². The van der Waals surface area contributed by atoms with Crippen LogP contribution in [-0.4, -0.2) is 5.11 Å². The molecular formula is C10H11BrFNO. The predicted molar refractivity (Wildman–Crippen MR) is 57.5 cm³/mol. The van der Waals surface area contributed by atoms with Gasteiger partial charge in [-0.25, -0.2) is 4.39 Å². The number of hydrogen-bond acceptors (Lipinski definition) is 2. The number of rotatable bonds is 3. The van der Waals surface area contributed by atoms with E-state index in [9.17, 15) is 9.50 Å². The Balaban J connectivity index is 3.12. The van der Waals surface area contributed by atoms with Gasteiger partial charge < -0.3 is 10.8 Å². The number of hydrogen-bond donors (Lipinski definition) is 2. The van der Waals surface area contributed by atoms with E-state index in [0.29, 0.717) is 16.5 Å². The van der Waals surface area contributed by atoms with Crippen molar-refractivity contribution in [2.75, 3.05) is 0 Å². The van der Waals surface area contributed by atoms with Crippen molar-refractivity contribution in [1.82, 2.24) is 0 Å². The number of benzene rings is 1. The average Bonchev–Trinajstić information content (AvgIpc) is 2.11. The second kappa shape index (κ2) is 4.57. The van der Waals surface area contributed by atoms with Crippen molar-refractivity contribution < 1.29 is 9.50 Å². The van der Waals surface area contributed by atoms with Gasteiger partial charge in [-0.2, -0.15) is 0 Å². The standard InChI is InChI=1S/C10H11BrFNO/c1-2-3-9(13)7-4-6(11)5-8(12)10(7)14/h2,4-5,9,14H,1,3,13H2/t9-/m1/s1. The summed E-state index contributed by atoms with van der Waals surface area (Å²) < 4.78 is 13.6. The van der Waals surface area contributed by atoms with E-state index in [1.807, 2.05) is 0 Å². The molecule has 2 nitrogen and oxygen atoms in total. The maximum atomic E-state index is 13.1. The van der Waals surface area contributed by atoms with Gasteiger partial charge in [-0.05, 0) is 18.6 Å². The van der Waals surface area contributed by atoms with Crippen LogP contribution in [0.2, 0.25) is 0 Å². The highest BCUT2D eigenvalue weighted by Gasteiger charge is 2.14. The lowest BCUT2D eigenvalue weighted by Gasteiger charge is -2.12. The Morgan fingerprint density at radius 3 is 2.86 bits per heavy atom. The minimum absolute atomic E-state index is 0.386. The van der Waals surface area contributed by atoms with Gasteiger partial charge >= 0.3 is 0 Å². The zero-order chi connectivity index (χ0) is 10.7. The molecule has 0 unspecified atom stereocenters. The molecule has 0 radical (unpaired) electrons.